The van der Waals surface area contributed by atoms with E-state index in [9.17, 15) is 10.1 Å². The number of hydrogen-bond donors (Lipinski definition) is 1. The minimum absolute atomic E-state index is 0.0112. The Hall–Kier alpha value is -1.52. The molecule has 0 bridgehead atoms. The second-order valence-corrected chi connectivity index (χ2v) is 1.75. The molecule has 0 saturated carbocycles. The smallest absolute Gasteiger partial charge is 0.306 e. The normalized spacial score (nSPS) is 16.8. The summed E-state index contributed by atoms with van der Waals surface area (Å²) in [5, 5.41) is 18.7. The van der Waals surface area contributed by atoms with Crippen LogP contribution in [-0.2, 0) is 4.74 Å². The Morgan fingerprint density at radius 2 is 2.50 bits per heavy atom. The molecule has 1 aliphatic rings. The molecule has 0 spiro atoms. The van der Waals surface area contributed by atoms with Crippen molar-refractivity contribution in [3.63, 3.8) is 0 Å². The zero-order chi connectivity index (χ0) is 7.56. The van der Waals surface area contributed by atoms with Crippen LogP contribution in [0.4, 0.5) is 0 Å². The first-order valence-electron chi connectivity index (χ1n) is 2.56. The Balaban J connectivity index is 2.79. The molecule has 0 radical (unpaired) electrons. The number of nitro groups is 1. The first kappa shape index (κ1) is 6.60. The minimum atomic E-state index is -0.630. The summed E-state index contributed by atoms with van der Waals surface area (Å²) in [5.41, 5.74) is -0.233. The first-order valence-corrected chi connectivity index (χ1v) is 2.56. The lowest BCUT2D eigenvalue weighted by Crippen LogP contribution is -2.05. The van der Waals surface area contributed by atoms with Gasteiger partial charge in [-0.15, -0.1) is 0 Å². The standard InChI is InChI=1S/C5H5NO4/c7-5-1-4(6(8)9)2-10-3-5/h1-2,7H,3H2. The Labute approximate surface area is 56.4 Å². The second-order valence-electron chi connectivity index (χ2n) is 1.75. The van der Waals surface area contributed by atoms with Crippen molar-refractivity contribution in [2.45, 2.75) is 0 Å². The molecule has 0 atom stereocenters. The third-order valence-corrected chi connectivity index (χ3v) is 0.961. The SMILES string of the molecule is O=[N+]([O-])C1=COCC(O)=C1. The van der Waals surface area contributed by atoms with Crippen molar-refractivity contribution < 1.29 is 14.8 Å². The average Bonchev–Trinajstić information content (AvgIpc) is 1.88. The van der Waals surface area contributed by atoms with Gasteiger partial charge in [0, 0.05) is 0 Å². The summed E-state index contributed by atoms with van der Waals surface area (Å²) in [7, 11) is 0. The predicted octanol–water partition coefficient (Wildman–Crippen LogP) is 0.577. The molecule has 1 rings (SSSR count). The first-order chi connectivity index (χ1) is 4.70. The average molecular weight is 143 g/mol. The van der Waals surface area contributed by atoms with Gasteiger partial charge in [0.15, 0.2) is 6.26 Å². The largest absolute Gasteiger partial charge is 0.508 e. The van der Waals surface area contributed by atoms with E-state index in [4.69, 9.17) is 5.11 Å². The molecule has 1 heterocycles. The van der Waals surface area contributed by atoms with Crippen LogP contribution < -0.4 is 0 Å². The number of hydrogen-bond acceptors (Lipinski definition) is 4. The monoisotopic (exact) mass is 143 g/mol. The van der Waals surface area contributed by atoms with Gasteiger partial charge in [0.05, 0.1) is 11.0 Å². The number of aliphatic hydroxyl groups excluding tert-OH is 1. The summed E-state index contributed by atoms with van der Waals surface area (Å²) < 4.78 is 4.53. The molecular weight excluding hydrogens is 138 g/mol. The predicted molar refractivity (Wildman–Crippen MR) is 31.7 cm³/mol. The second kappa shape index (κ2) is 2.38. The molecular formula is C5H5NO4. The highest BCUT2D eigenvalue weighted by Gasteiger charge is 2.13. The molecule has 0 aromatic carbocycles. The zero-order valence-corrected chi connectivity index (χ0v) is 4.98. The van der Waals surface area contributed by atoms with Gasteiger partial charge in [-0.2, -0.15) is 0 Å². The van der Waals surface area contributed by atoms with Gasteiger partial charge in [-0.25, -0.2) is 0 Å². The lowest BCUT2D eigenvalue weighted by molar-refractivity contribution is -0.421. The Bertz CT molecular complexity index is 218. The van der Waals surface area contributed by atoms with Crippen molar-refractivity contribution in [2.24, 2.45) is 0 Å². The van der Waals surface area contributed by atoms with E-state index in [-0.39, 0.29) is 18.1 Å². The third-order valence-electron chi connectivity index (χ3n) is 0.961. The van der Waals surface area contributed by atoms with Crippen molar-refractivity contribution in [2.75, 3.05) is 6.61 Å². The molecule has 0 aliphatic carbocycles. The Kier molecular flexibility index (Phi) is 1.57. The topological polar surface area (TPSA) is 72.6 Å². The number of ether oxygens (including phenoxy) is 1. The summed E-state index contributed by atoms with van der Waals surface area (Å²) in [4.78, 5) is 9.37. The molecule has 10 heavy (non-hydrogen) atoms. The fraction of sp³-hybridized carbons (Fsp3) is 0.200. The van der Waals surface area contributed by atoms with Crippen molar-refractivity contribution in [1.29, 1.82) is 0 Å². The van der Waals surface area contributed by atoms with Crippen LogP contribution in [0.1, 0.15) is 0 Å². The van der Waals surface area contributed by atoms with Crippen LogP contribution in [0.25, 0.3) is 0 Å². The van der Waals surface area contributed by atoms with Gasteiger partial charge in [0.2, 0.25) is 0 Å². The fourth-order valence-electron chi connectivity index (χ4n) is 0.555. The molecule has 1 aliphatic heterocycles. The van der Waals surface area contributed by atoms with E-state index >= 15 is 0 Å². The van der Waals surface area contributed by atoms with Crippen LogP contribution in [-0.4, -0.2) is 16.6 Å². The number of allylic oxidation sites excluding steroid dienone is 1. The van der Waals surface area contributed by atoms with Crippen LogP contribution in [0, 0.1) is 10.1 Å². The fourth-order valence-corrected chi connectivity index (χ4v) is 0.555. The maximum absolute atomic E-state index is 10.0. The number of aliphatic hydroxyl groups is 1. The van der Waals surface area contributed by atoms with E-state index < -0.39 is 4.92 Å². The van der Waals surface area contributed by atoms with E-state index in [2.05, 4.69) is 4.74 Å². The molecule has 5 heteroatoms. The maximum atomic E-state index is 10.0. The molecule has 5 nitrogen and oxygen atoms in total. The van der Waals surface area contributed by atoms with E-state index in [1.165, 1.54) is 0 Å². The van der Waals surface area contributed by atoms with Crippen LogP contribution >= 0.6 is 0 Å². The molecule has 0 unspecified atom stereocenters. The summed E-state index contributed by atoms with van der Waals surface area (Å²) in [6.07, 6.45) is 2.06. The highest BCUT2D eigenvalue weighted by Crippen LogP contribution is 2.07. The van der Waals surface area contributed by atoms with E-state index in [1.807, 2.05) is 0 Å². The van der Waals surface area contributed by atoms with Gasteiger partial charge in [-0.3, -0.25) is 10.1 Å². The van der Waals surface area contributed by atoms with E-state index in [1.54, 1.807) is 0 Å². The summed E-state index contributed by atoms with van der Waals surface area (Å²) in [5.74, 6) is -0.130. The van der Waals surface area contributed by atoms with Gasteiger partial charge in [-0.1, -0.05) is 0 Å². The van der Waals surface area contributed by atoms with Gasteiger partial charge < -0.3 is 9.84 Å². The molecule has 0 fully saturated rings. The van der Waals surface area contributed by atoms with Gasteiger partial charge in [0.25, 0.3) is 0 Å². The highest BCUT2D eigenvalue weighted by molar-refractivity contribution is 5.15. The highest BCUT2D eigenvalue weighted by atomic mass is 16.6. The molecule has 54 valence electrons. The van der Waals surface area contributed by atoms with Crippen LogP contribution in [0.2, 0.25) is 0 Å². The van der Waals surface area contributed by atoms with Gasteiger partial charge >= 0.3 is 5.70 Å². The quantitative estimate of drug-likeness (QED) is 0.430. The Morgan fingerprint density at radius 3 is 2.90 bits per heavy atom. The molecule has 1 N–H and O–H groups in total. The minimum Gasteiger partial charge on any atom is -0.508 e. The lowest BCUT2D eigenvalue weighted by Gasteiger charge is -2.03. The van der Waals surface area contributed by atoms with Crippen molar-refractivity contribution in [3.8, 4) is 0 Å². The zero-order valence-electron chi connectivity index (χ0n) is 4.98. The number of nitrogens with zero attached hydrogens (tertiary/aromatic N) is 1. The van der Waals surface area contributed by atoms with Crippen molar-refractivity contribution in [3.05, 3.63) is 33.9 Å². The van der Waals surface area contributed by atoms with Crippen LogP contribution in [0.5, 0.6) is 0 Å². The summed E-state index contributed by atoms with van der Waals surface area (Å²) in [6.45, 7) is 0.0112. The maximum Gasteiger partial charge on any atom is 0.306 e. The van der Waals surface area contributed by atoms with Crippen molar-refractivity contribution >= 4 is 0 Å². The lowest BCUT2D eigenvalue weighted by atomic mass is 10.3. The van der Waals surface area contributed by atoms with E-state index in [0.717, 1.165) is 12.3 Å². The molecule has 0 aromatic rings. The van der Waals surface area contributed by atoms with Gasteiger partial charge in [-0.05, 0) is 0 Å². The van der Waals surface area contributed by atoms with Gasteiger partial charge in [0.1, 0.15) is 12.4 Å². The van der Waals surface area contributed by atoms with E-state index in [0.29, 0.717) is 0 Å². The third kappa shape index (κ3) is 1.25. The van der Waals surface area contributed by atoms with Crippen molar-refractivity contribution in [1.82, 2.24) is 0 Å². The molecule has 0 saturated heterocycles. The van der Waals surface area contributed by atoms with Crippen LogP contribution in [0.15, 0.2) is 23.8 Å². The molecule has 0 aromatic heterocycles. The van der Waals surface area contributed by atoms with Crippen LogP contribution in [0.3, 0.4) is 0 Å². The molecule has 0 amide bonds. The number of rotatable bonds is 1. The summed E-state index contributed by atoms with van der Waals surface area (Å²) in [6, 6.07) is 0. The summed E-state index contributed by atoms with van der Waals surface area (Å²) >= 11 is 0. The Morgan fingerprint density at radius 1 is 1.80 bits per heavy atom.